The van der Waals surface area contributed by atoms with Crippen LogP contribution in [0.4, 0.5) is 5.13 Å². The van der Waals surface area contributed by atoms with Gasteiger partial charge in [0, 0.05) is 57.9 Å². The first-order chi connectivity index (χ1) is 19.0. The molecule has 1 aliphatic rings. The number of nitrogens with one attached hydrogen (secondary N) is 1. The monoisotopic (exact) mass is 585 g/mol. The topological polar surface area (TPSA) is 85.8 Å². The second-order valence-corrected chi connectivity index (χ2v) is 14.5. The van der Waals surface area contributed by atoms with Crippen molar-refractivity contribution in [3.8, 4) is 0 Å². The number of nitrogens with zero attached hydrogens (tertiary/aromatic N) is 4. The van der Waals surface area contributed by atoms with Crippen molar-refractivity contribution in [2.45, 2.75) is 46.4 Å². The van der Waals surface area contributed by atoms with Crippen LogP contribution in [0.3, 0.4) is 0 Å². The summed E-state index contributed by atoms with van der Waals surface area (Å²) in [5.74, 6) is 0.258. The lowest BCUT2D eigenvalue weighted by molar-refractivity contribution is 0.0947. The van der Waals surface area contributed by atoms with Crippen LogP contribution >= 0.6 is 11.3 Å². The Morgan fingerprint density at radius 3 is 2.12 bits per heavy atom. The van der Waals surface area contributed by atoms with Crippen LogP contribution in [0.15, 0.2) is 41.3 Å². The summed E-state index contributed by atoms with van der Waals surface area (Å²) in [6.07, 6.45) is 0. The number of carbonyl (C=O) groups is 1. The molecule has 0 radical (unpaired) electrons. The molecule has 0 saturated carbocycles. The summed E-state index contributed by atoms with van der Waals surface area (Å²) in [4.78, 5) is 22.6. The van der Waals surface area contributed by atoms with Gasteiger partial charge in [0.05, 0.1) is 15.1 Å². The van der Waals surface area contributed by atoms with Crippen LogP contribution in [0.5, 0.6) is 0 Å². The predicted octanol–water partition coefficient (Wildman–Crippen LogP) is 4.77. The fourth-order valence-corrected chi connectivity index (χ4v) is 7.92. The molecular weight excluding hydrogens is 542 g/mol. The van der Waals surface area contributed by atoms with E-state index < -0.39 is 10.0 Å². The maximum absolute atomic E-state index is 13.2. The quantitative estimate of drug-likeness (QED) is 0.349. The summed E-state index contributed by atoms with van der Waals surface area (Å²) in [5, 5.41) is 4.07. The molecule has 0 spiro atoms. The number of hydrogen-bond donors (Lipinski definition) is 1. The fourth-order valence-electron chi connectivity index (χ4n) is 4.99. The van der Waals surface area contributed by atoms with Gasteiger partial charge in [-0.25, -0.2) is 13.4 Å². The molecule has 2 heterocycles. The van der Waals surface area contributed by atoms with Gasteiger partial charge >= 0.3 is 0 Å². The highest BCUT2D eigenvalue weighted by Crippen LogP contribution is 2.33. The van der Waals surface area contributed by atoms with Gasteiger partial charge < -0.3 is 10.2 Å². The highest BCUT2D eigenvalue weighted by Gasteiger charge is 2.26. The van der Waals surface area contributed by atoms with E-state index in [0.29, 0.717) is 25.2 Å². The Morgan fingerprint density at radius 2 is 1.55 bits per heavy atom. The van der Waals surface area contributed by atoms with Gasteiger partial charge in [0.2, 0.25) is 10.0 Å². The Bertz CT molecular complexity index is 1360. The second kappa shape index (κ2) is 13.0. The van der Waals surface area contributed by atoms with Gasteiger partial charge in [0.15, 0.2) is 5.13 Å². The molecule has 8 nitrogen and oxygen atoms in total. The first-order valence-corrected chi connectivity index (χ1v) is 16.4. The standard InChI is InChI=1S/C30H43N5O3S2/c1-21(2)19-35(20-22(3)4)40(37,38)26-11-9-25(10-12-26)29(36)31-13-14-33-15-17-34(18-16-33)30-32-27-23(5)7-8-24(6)28(27)39-30/h7-12,21-22H,13-20H2,1-6H3,(H,31,36). The number of hydrogen-bond acceptors (Lipinski definition) is 7. The molecular formula is C30H43N5O3S2. The molecule has 218 valence electrons. The van der Waals surface area contributed by atoms with Gasteiger partial charge in [-0.05, 0) is 61.1 Å². The highest BCUT2D eigenvalue weighted by molar-refractivity contribution is 7.89. The lowest BCUT2D eigenvalue weighted by Crippen LogP contribution is -2.48. The molecule has 1 aliphatic heterocycles. The first-order valence-electron chi connectivity index (χ1n) is 14.2. The molecule has 0 bridgehead atoms. The number of sulfonamides is 1. The van der Waals surface area contributed by atoms with Crippen LogP contribution in [0.25, 0.3) is 10.2 Å². The average Bonchev–Trinajstić information content (AvgIpc) is 3.37. The zero-order chi connectivity index (χ0) is 29.0. The number of piperazine rings is 1. The summed E-state index contributed by atoms with van der Waals surface area (Å²) in [6.45, 7) is 18.2. The lowest BCUT2D eigenvalue weighted by Gasteiger charge is -2.34. The lowest BCUT2D eigenvalue weighted by atomic mass is 10.1. The highest BCUT2D eigenvalue weighted by atomic mass is 32.2. The number of benzene rings is 2. The van der Waals surface area contributed by atoms with Crippen molar-refractivity contribution < 1.29 is 13.2 Å². The van der Waals surface area contributed by atoms with Gasteiger partial charge in [-0.3, -0.25) is 9.69 Å². The van der Waals surface area contributed by atoms with E-state index in [1.807, 2.05) is 27.7 Å². The van der Waals surface area contributed by atoms with Gasteiger partial charge in [-0.2, -0.15) is 4.31 Å². The number of rotatable bonds is 11. The number of aryl methyl sites for hydroxylation is 2. The molecule has 1 N–H and O–H groups in total. The average molecular weight is 586 g/mol. The van der Waals surface area contributed by atoms with E-state index >= 15 is 0 Å². The summed E-state index contributed by atoms with van der Waals surface area (Å²) in [6, 6.07) is 10.6. The summed E-state index contributed by atoms with van der Waals surface area (Å²) < 4.78 is 29.3. The third kappa shape index (κ3) is 7.21. The maximum Gasteiger partial charge on any atom is 0.251 e. The number of carbonyl (C=O) groups excluding carboxylic acids is 1. The Morgan fingerprint density at radius 1 is 0.950 bits per heavy atom. The van der Waals surface area contributed by atoms with Crippen molar-refractivity contribution in [3.05, 3.63) is 53.1 Å². The van der Waals surface area contributed by atoms with Crippen molar-refractivity contribution in [2.75, 3.05) is 57.3 Å². The van der Waals surface area contributed by atoms with Crippen molar-refractivity contribution in [3.63, 3.8) is 0 Å². The zero-order valence-corrected chi connectivity index (χ0v) is 26.2. The summed E-state index contributed by atoms with van der Waals surface area (Å²) >= 11 is 1.77. The molecule has 0 atom stereocenters. The van der Waals surface area contributed by atoms with Gasteiger partial charge in [-0.1, -0.05) is 51.2 Å². The molecule has 1 saturated heterocycles. The van der Waals surface area contributed by atoms with Crippen LogP contribution < -0.4 is 10.2 Å². The number of fused-ring (bicyclic) bond motifs is 1. The molecule has 1 fully saturated rings. The van der Waals surface area contributed by atoms with E-state index in [9.17, 15) is 13.2 Å². The van der Waals surface area contributed by atoms with Gasteiger partial charge in [0.1, 0.15) is 0 Å². The number of amides is 1. The Balaban J connectivity index is 1.27. The molecule has 2 aromatic carbocycles. The van der Waals surface area contributed by atoms with Crippen molar-refractivity contribution in [1.82, 2.24) is 19.5 Å². The van der Waals surface area contributed by atoms with Crippen LogP contribution in [0.1, 0.15) is 49.2 Å². The van der Waals surface area contributed by atoms with Crippen molar-refractivity contribution in [2.24, 2.45) is 11.8 Å². The molecule has 3 aromatic rings. The molecule has 1 amide bonds. The predicted molar refractivity (Wildman–Crippen MR) is 165 cm³/mol. The van der Waals surface area contributed by atoms with E-state index in [2.05, 4.69) is 41.1 Å². The fraction of sp³-hybridized carbons (Fsp3) is 0.533. The molecule has 4 rings (SSSR count). The molecule has 0 aliphatic carbocycles. The van der Waals surface area contributed by atoms with Crippen LogP contribution in [-0.2, 0) is 10.0 Å². The van der Waals surface area contributed by atoms with Crippen LogP contribution in [0.2, 0.25) is 0 Å². The van der Waals surface area contributed by atoms with Crippen molar-refractivity contribution >= 4 is 42.6 Å². The second-order valence-electron chi connectivity index (χ2n) is 11.6. The Labute approximate surface area is 243 Å². The smallest absolute Gasteiger partial charge is 0.251 e. The van der Waals surface area contributed by atoms with E-state index in [1.165, 1.54) is 15.8 Å². The molecule has 1 aromatic heterocycles. The van der Waals surface area contributed by atoms with Crippen molar-refractivity contribution in [1.29, 1.82) is 0 Å². The Hall–Kier alpha value is -2.53. The van der Waals surface area contributed by atoms with E-state index in [-0.39, 0.29) is 22.6 Å². The molecule has 0 unspecified atom stereocenters. The van der Waals surface area contributed by atoms with Crippen LogP contribution in [-0.4, -0.2) is 80.9 Å². The third-order valence-corrected chi connectivity index (χ3v) is 10.3. The molecule has 40 heavy (non-hydrogen) atoms. The minimum Gasteiger partial charge on any atom is -0.351 e. The zero-order valence-electron chi connectivity index (χ0n) is 24.6. The van der Waals surface area contributed by atoms with E-state index in [4.69, 9.17) is 4.98 Å². The van der Waals surface area contributed by atoms with E-state index in [0.717, 1.165) is 43.4 Å². The van der Waals surface area contributed by atoms with Gasteiger partial charge in [-0.15, -0.1) is 0 Å². The number of aromatic nitrogens is 1. The van der Waals surface area contributed by atoms with E-state index in [1.54, 1.807) is 39.9 Å². The molecule has 10 heteroatoms. The number of thiazole rings is 1. The minimum absolute atomic E-state index is 0.191. The summed E-state index contributed by atoms with van der Waals surface area (Å²) in [7, 11) is -3.61. The SMILES string of the molecule is Cc1ccc(C)c2sc(N3CCN(CCNC(=O)c4ccc(S(=O)(=O)N(CC(C)C)CC(C)C)cc4)CC3)nc12. The number of anilines is 1. The minimum atomic E-state index is -3.61. The maximum atomic E-state index is 13.2. The van der Waals surface area contributed by atoms with Crippen LogP contribution in [0, 0.1) is 25.7 Å². The first kappa shape index (κ1) is 30.4. The Kier molecular flexibility index (Phi) is 9.87. The largest absolute Gasteiger partial charge is 0.351 e. The normalized spacial score (nSPS) is 15.1. The van der Waals surface area contributed by atoms with Gasteiger partial charge in [0.25, 0.3) is 5.91 Å². The third-order valence-electron chi connectivity index (χ3n) is 7.18. The summed E-state index contributed by atoms with van der Waals surface area (Å²) in [5.41, 5.74) is 4.06.